The summed E-state index contributed by atoms with van der Waals surface area (Å²) in [6.07, 6.45) is 0.715. The van der Waals surface area contributed by atoms with E-state index in [0.717, 1.165) is 0 Å². The zero-order valence-corrected chi connectivity index (χ0v) is 19.1. The molecule has 0 bridgehead atoms. The molecule has 0 saturated carbocycles. The number of ether oxygens (including phenoxy) is 1. The summed E-state index contributed by atoms with van der Waals surface area (Å²) in [6, 6.07) is 17.9. The van der Waals surface area contributed by atoms with Crippen LogP contribution in [0, 0.1) is 5.41 Å². The molecular weight excluding hydrogens is 462 g/mol. The molecule has 0 aliphatic rings. The molecule has 3 aromatic carbocycles. The van der Waals surface area contributed by atoms with Gasteiger partial charge in [0.2, 0.25) is 0 Å². The van der Waals surface area contributed by atoms with E-state index in [4.69, 9.17) is 20.4 Å². The Hall–Kier alpha value is -4.22. The van der Waals surface area contributed by atoms with Crippen LogP contribution in [0.1, 0.15) is 26.3 Å². The molecule has 34 heavy (non-hydrogen) atoms. The van der Waals surface area contributed by atoms with Crippen molar-refractivity contribution in [2.75, 3.05) is 18.7 Å². The molecule has 0 atom stereocenters. The Morgan fingerprint density at radius 1 is 0.971 bits per heavy atom. The number of rotatable bonds is 6. The van der Waals surface area contributed by atoms with Crippen LogP contribution < -0.4 is 15.8 Å². The molecule has 10 nitrogen and oxygen atoms in total. The normalized spacial score (nSPS) is 10.4. The number of hydrogen-bond donors (Lipinski definition) is 5. The first-order valence-electron chi connectivity index (χ1n) is 9.59. The second-order valence-electron chi connectivity index (χ2n) is 6.94. The molecular formula is C23H23N3O7S. The Balaban J connectivity index is 0.000000739. The summed E-state index contributed by atoms with van der Waals surface area (Å²) in [7, 11) is -2.18. The third-order valence-electron chi connectivity index (χ3n) is 4.37. The Morgan fingerprint density at radius 2 is 1.56 bits per heavy atom. The molecule has 0 aliphatic carbocycles. The number of anilines is 1. The van der Waals surface area contributed by atoms with E-state index < -0.39 is 22.0 Å². The molecule has 0 aromatic heterocycles. The summed E-state index contributed by atoms with van der Waals surface area (Å²) in [4.78, 5) is 24.6. The molecule has 0 aliphatic heterocycles. The van der Waals surface area contributed by atoms with Gasteiger partial charge in [-0.15, -0.1) is 0 Å². The van der Waals surface area contributed by atoms with E-state index in [1.165, 1.54) is 13.2 Å². The average molecular weight is 486 g/mol. The van der Waals surface area contributed by atoms with Crippen LogP contribution in [0.5, 0.6) is 5.75 Å². The number of aromatic carboxylic acids is 1. The minimum absolute atomic E-state index is 0.0625. The maximum atomic E-state index is 12.9. The predicted molar refractivity (Wildman–Crippen MR) is 128 cm³/mol. The van der Waals surface area contributed by atoms with Gasteiger partial charge in [-0.25, -0.2) is 4.79 Å². The van der Waals surface area contributed by atoms with Gasteiger partial charge < -0.3 is 20.9 Å². The first kappa shape index (κ1) is 26.0. The van der Waals surface area contributed by atoms with Gasteiger partial charge >= 0.3 is 5.97 Å². The van der Waals surface area contributed by atoms with Gasteiger partial charge in [-0.1, -0.05) is 18.2 Å². The smallest absolute Gasteiger partial charge is 0.336 e. The number of nitrogens with two attached hydrogens (primary N) is 1. The number of amidine groups is 1. The number of carboxylic acid groups (broad SMARTS) is 1. The minimum Gasteiger partial charge on any atom is -0.497 e. The fourth-order valence-electron chi connectivity index (χ4n) is 2.91. The fourth-order valence-corrected chi connectivity index (χ4v) is 2.91. The number of carboxylic acids is 1. The topological polar surface area (TPSA) is 180 Å². The summed E-state index contributed by atoms with van der Waals surface area (Å²) >= 11 is 0. The number of carbonyl (C=O) groups is 2. The van der Waals surface area contributed by atoms with Crippen LogP contribution in [0.2, 0.25) is 0 Å². The van der Waals surface area contributed by atoms with Crippen LogP contribution in [-0.2, 0) is 10.1 Å². The van der Waals surface area contributed by atoms with E-state index in [9.17, 15) is 23.1 Å². The van der Waals surface area contributed by atoms with Crippen LogP contribution in [0.3, 0.4) is 0 Å². The summed E-state index contributed by atoms with van der Waals surface area (Å²) in [5, 5.41) is 19.8. The Bertz CT molecular complexity index is 1310. The Kier molecular flexibility index (Phi) is 8.48. The third kappa shape index (κ3) is 7.43. The molecule has 178 valence electrons. The van der Waals surface area contributed by atoms with Gasteiger partial charge in [0.1, 0.15) is 11.6 Å². The highest BCUT2D eigenvalue weighted by Gasteiger charge is 2.19. The lowest BCUT2D eigenvalue weighted by Crippen LogP contribution is -2.14. The zero-order chi connectivity index (χ0) is 25.5. The molecule has 11 heteroatoms. The van der Waals surface area contributed by atoms with Crippen molar-refractivity contribution < 1.29 is 32.4 Å². The van der Waals surface area contributed by atoms with Crippen molar-refractivity contribution in [2.24, 2.45) is 5.73 Å². The van der Waals surface area contributed by atoms with Crippen molar-refractivity contribution in [3.63, 3.8) is 0 Å². The highest BCUT2D eigenvalue weighted by atomic mass is 32.2. The molecule has 3 aromatic rings. The predicted octanol–water partition coefficient (Wildman–Crippen LogP) is 3.10. The largest absolute Gasteiger partial charge is 0.497 e. The molecule has 0 saturated heterocycles. The van der Waals surface area contributed by atoms with Crippen LogP contribution in [-0.4, -0.2) is 49.2 Å². The Labute approximate surface area is 196 Å². The third-order valence-corrected chi connectivity index (χ3v) is 4.37. The second-order valence-corrected chi connectivity index (χ2v) is 8.41. The number of nitrogens with one attached hydrogen (secondary N) is 2. The number of nitrogen functional groups attached to an aromatic ring is 1. The monoisotopic (exact) mass is 485 g/mol. The van der Waals surface area contributed by atoms with Gasteiger partial charge in [0.25, 0.3) is 16.0 Å². The van der Waals surface area contributed by atoms with E-state index >= 15 is 0 Å². The lowest BCUT2D eigenvalue weighted by Gasteiger charge is -2.14. The summed E-state index contributed by atoms with van der Waals surface area (Å²) in [5.74, 6) is -1.07. The first-order valence-corrected chi connectivity index (χ1v) is 11.4. The van der Waals surface area contributed by atoms with Gasteiger partial charge in [-0.3, -0.25) is 14.8 Å². The molecule has 0 spiro atoms. The van der Waals surface area contributed by atoms with E-state index in [1.807, 2.05) is 0 Å². The van der Waals surface area contributed by atoms with Crippen LogP contribution in [0.15, 0.2) is 66.7 Å². The second kappa shape index (κ2) is 11.1. The number of amides is 1. The maximum Gasteiger partial charge on any atom is 0.336 e. The maximum absolute atomic E-state index is 12.9. The lowest BCUT2D eigenvalue weighted by atomic mass is 9.94. The van der Waals surface area contributed by atoms with Crippen molar-refractivity contribution in [1.29, 1.82) is 5.41 Å². The van der Waals surface area contributed by atoms with Crippen LogP contribution in [0.4, 0.5) is 5.69 Å². The quantitative estimate of drug-likeness (QED) is 0.201. The van der Waals surface area contributed by atoms with Gasteiger partial charge in [-0.2, -0.15) is 8.42 Å². The summed E-state index contributed by atoms with van der Waals surface area (Å²) < 4.78 is 31.1. The Morgan fingerprint density at radius 3 is 2.09 bits per heavy atom. The molecule has 0 heterocycles. The van der Waals surface area contributed by atoms with Crippen molar-refractivity contribution in [3.05, 3.63) is 83.4 Å². The molecule has 0 unspecified atom stereocenters. The lowest BCUT2D eigenvalue weighted by molar-refractivity contribution is 0.0697. The van der Waals surface area contributed by atoms with E-state index in [-0.39, 0.29) is 11.4 Å². The number of benzene rings is 3. The van der Waals surface area contributed by atoms with Gasteiger partial charge in [0, 0.05) is 22.4 Å². The molecule has 0 fully saturated rings. The van der Waals surface area contributed by atoms with Gasteiger partial charge in [0.15, 0.2) is 0 Å². The SMILES string of the molecule is COc1ccc(C(=O)O)c(-c2ccccc2C(=O)Nc2ccc(C(=N)N)cc2)c1.CS(=O)(=O)O. The van der Waals surface area contributed by atoms with Gasteiger partial charge in [0.05, 0.1) is 18.9 Å². The number of methoxy groups -OCH3 is 1. The summed E-state index contributed by atoms with van der Waals surface area (Å²) in [6.45, 7) is 0. The van der Waals surface area contributed by atoms with E-state index in [1.54, 1.807) is 60.7 Å². The zero-order valence-electron chi connectivity index (χ0n) is 18.3. The first-order chi connectivity index (χ1) is 15.9. The molecule has 3 rings (SSSR count). The van der Waals surface area contributed by atoms with Crippen LogP contribution in [0.25, 0.3) is 11.1 Å². The van der Waals surface area contributed by atoms with E-state index in [2.05, 4.69) is 5.32 Å². The molecule has 1 amide bonds. The standard InChI is InChI=1S/C22H19N3O4.CH4O3S/c1-29-15-10-11-18(22(27)28)19(12-15)16-4-2-3-5-17(16)21(26)25-14-8-6-13(7-9-14)20(23)24;1-5(2,3)4/h2-12H,1H3,(H3,23,24)(H,25,26)(H,27,28);1H3,(H,2,3,4). The average Bonchev–Trinajstić information content (AvgIpc) is 2.77. The van der Waals surface area contributed by atoms with Crippen molar-refractivity contribution in [2.45, 2.75) is 0 Å². The highest BCUT2D eigenvalue weighted by Crippen LogP contribution is 2.31. The van der Waals surface area contributed by atoms with Gasteiger partial charge in [-0.05, 0) is 54.1 Å². The summed E-state index contributed by atoms with van der Waals surface area (Å²) in [5.41, 5.74) is 7.76. The number of hydrogen-bond acceptors (Lipinski definition) is 6. The van der Waals surface area contributed by atoms with E-state index in [0.29, 0.717) is 39.9 Å². The minimum atomic E-state index is -3.67. The van der Waals surface area contributed by atoms with Crippen molar-refractivity contribution in [1.82, 2.24) is 0 Å². The highest BCUT2D eigenvalue weighted by molar-refractivity contribution is 7.85. The van der Waals surface area contributed by atoms with Crippen molar-refractivity contribution >= 4 is 33.5 Å². The number of carbonyl (C=O) groups excluding carboxylic acids is 1. The van der Waals surface area contributed by atoms with Crippen molar-refractivity contribution in [3.8, 4) is 16.9 Å². The fraction of sp³-hybridized carbons (Fsp3) is 0.0870. The molecule has 0 radical (unpaired) electrons. The molecule has 6 N–H and O–H groups in total. The van der Waals surface area contributed by atoms with Crippen LogP contribution >= 0.6 is 0 Å².